The van der Waals surface area contributed by atoms with Crippen LogP contribution < -0.4 is 0 Å². The predicted octanol–water partition coefficient (Wildman–Crippen LogP) is 2.55. The summed E-state index contributed by atoms with van der Waals surface area (Å²) in [5.74, 6) is -2.68. The lowest BCUT2D eigenvalue weighted by molar-refractivity contribution is 0.101. The van der Waals surface area contributed by atoms with E-state index in [0.29, 0.717) is 6.07 Å². The highest BCUT2D eigenvalue weighted by atomic mass is 35.5. The Morgan fingerprint density at radius 3 is 2.07 bits per heavy atom. The first-order chi connectivity index (χ1) is 6.43. The fourth-order valence-corrected chi connectivity index (χ4v) is 1.11. The summed E-state index contributed by atoms with van der Waals surface area (Å²) in [5.41, 5.74) is -0.853. The Morgan fingerprint density at radius 2 is 1.64 bits per heavy atom. The third kappa shape index (κ3) is 1.96. The number of Topliss-reactive ketones (excluding diaryl/α,β-unsaturated/α-hetero) is 1. The van der Waals surface area contributed by atoms with E-state index in [0.717, 1.165) is 13.0 Å². The number of hydrogen-bond donors (Lipinski definition) is 0. The highest BCUT2D eigenvalue weighted by Crippen LogP contribution is 2.17. The molecular weight excluding hydrogens is 214 g/mol. The Balaban J connectivity index is 3.42. The number of hydrogen-bond acceptors (Lipinski definition) is 2. The van der Waals surface area contributed by atoms with Crippen molar-refractivity contribution in [3.05, 3.63) is 34.9 Å². The Labute approximate surface area is 83.5 Å². The molecule has 0 spiro atoms. The van der Waals surface area contributed by atoms with Crippen LogP contribution in [0.4, 0.5) is 8.78 Å². The van der Waals surface area contributed by atoms with E-state index in [-0.39, 0.29) is 5.56 Å². The highest BCUT2D eigenvalue weighted by molar-refractivity contribution is 6.67. The van der Waals surface area contributed by atoms with Crippen molar-refractivity contribution in [2.45, 2.75) is 6.92 Å². The van der Waals surface area contributed by atoms with Crippen LogP contribution in [0, 0.1) is 11.6 Å². The summed E-state index contributed by atoms with van der Waals surface area (Å²) in [4.78, 5) is 21.5. The molecule has 0 aliphatic heterocycles. The standard InChI is InChI=1S/C9H5ClF2O2/c1-4(13)5-2-6(9(10)14)8(12)3-7(5)11/h2-3H,1H3. The molecule has 74 valence electrons. The number of rotatable bonds is 2. The van der Waals surface area contributed by atoms with Crippen LogP contribution in [-0.2, 0) is 0 Å². The van der Waals surface area contributed by atoms with E-state index < -0.39 is 28.2 Å². The van der Waals surface area contributed by atoms with Crippen LogP contribution in [-0.4, -0.2) is 11.0 Å². The zero-order valence-corrected chi connectivity index (χ0v) is 7.86. The molecule has 0 heterocycles. The average molecular weight is 219 g/mol. The molecule has 1 aromatic rings. The molecule has 0 fully saturated rings. The first-order valence-corrected chi connectivity index (χ1v) is 4.01. The summed E-state index contributed by atoms with van der Waals surface area (Å²) in [5, 5.41) is -1.06. The van der Waals surface area contributed by atoms with Crippen LogP contribution in [0.3, 0.4) is 0 Å². The Kier molecular flexibility index (Phi) is 2.96. The summed E-state index contributed by atoms with van der Waals surface area (Å²) < 4.78 is 25.8. The summed E-state index contributed by atoms with van der Waals surface area (Å²) in [7, 11) is 0. The number of benzene rings is 1. The van der Waals surface area contributed by atoms with Gasteiger partial charge in [0.2, 0.25) is 0 Å². The molecule has 0 atom stereocenters. The van der Waals surface area contributed by atoms with Crippen molar-refractivity contribution in [2.24, 2.45) is 0 Å². The third-order valence-corrected chi connectivity index (χ3v) is 1.85. The smallest absolute Gasteiger partial charge is 0.255 e. The molecule has 1 rings (SSSR count). The van der Waals surface area contributed by atoms with Crippen molar-refractivity contribution >= 4 is 22.6 Å². The molecule has 0 amide bonds. The van der Waals surface area contributed by atoms with E-state index in [4.69, 9.17) is 11.6 Å². The number of ketones is 1. The molecule has 0 radical (unpaired) electrons. The summed E-state index contributed by atoms with van der Waals surface area (Å²) in [6, 6.07) is 1.27. The second-order valence-electron chi connectivity index (χ2n) is 2.64. The predicted molar refractivity (Wildman–Crippen MR) is 46.5 cm³/mol. The van der Waals surface area contributed by atoms with Gasteiger partial charge in [-0.05, 0) is 24.6 Å². The SMILES string of the molecule is CC(=O)c1cc(C(=O)Cl)c(F)cc1F. The second kappa shape index (κ2) is 3.84. The second-order valence-corrected chi connectivity index (χ2v) is 2.99. The van der Waals surface area contributed by atoms with Crippen molar-refractivity contribution < 1.29 is 18.4 Å². The van der Waals surface area contributed by atoms with Crippen LogP contribution in [0.15, 0.2) is 12.1 Å². The molecule has 5 heteroatoms. The van der Waals surface area contributed by atoms with Crippen LogP contribution in [0.2, 0.25) is 0 Å². The van der Waals surface area contributed by atoms with Gasteiger partial charge in [-0.25, -0.2) is 8.78 Å². The lowest BCUT2D eigenvalue weighted by atomic mass is 10.1. The van der Waals surface area contributed by atoms with Crippen molar-refractivity contribution in [1.29, 1.82) is 0 Å². The lowest BCUT2D eigenvalue weighted by Crippen LogP contribution is -2.03. The van der Waals surface area contributed by atoms with Crippen LogP contribution >= 0.6 is 11.6 Å². The van der Waals surface area contributed by atoms with Gasteiger partial charge in [-0.3, -0.25) is 9.59 Å². The summed E-state index contributed by atoms with van der Waals surface area (Å²) in [6.45, 7) is 1.11. The molecule has 1 aromatic carbocycles. The fourth-order valence-electron chi connectivity index (χ4n) is 0.969. The van der Waals surface area contributed by atoms with E-state index in [1.807, 2.05) is 0 Å². The molecule has 0 N–H and O–H groups in total. The maximum atomic E-state index is 12.9. The topological polar surface area (TPSA) is 34.1 Å². The summed E-state index contributed by atoms with van der Waals surface area (Å²) in [6.07, 6.45) is 0. The fraction of sp³-hybridized carbons (Fsp3) is 0.111. The molecule has 2 nitrogen and oxygen atoms in total. The van der Waals surface area contributed by atoms with E-state index in [9.17, 15) is 18.4 Å². The zero-order chi connectivity index (χ0) is 10.9. The number of carbonyl (C=O) groups excluding carboxylic acids is 2. The molecule has 0 aliphatic rings. The molecule has 0 saturated heterocycles. The third-order valence-electron chi connectivity index (χ3n) is 1.65. The van der Waals surface area contributed by atoms with Gasteiger partial charge in [-0.2, -0.15) is 0 Å². The number of halogens is 3. The molecule has 14 heavy (non-hydrogen) atoms. The maximum absolute atomic E-state index is 12.9. The monoisotopic (exact) mass is 218 g/mol. The maximum Gasteiger partial charge on any atom is 0.255 e. The van der Waals surface area contributed by atoms with Gasteiger partial charge in [0.1, 0.15) is 11.6 Å². The van der Waals surface area contributed by atoms with Crippen LogP contribution in [0.1, 0.15) is 27.6 Å². The zero-order valence-electron chi connectivity index (χ0n) is 7.11. The van der Waals surface area contributed by atoms with Gasteiger partial charge in [-0.1, -0.05) is 0 Å². The minimum atomic E-state index is -1.08. The van der Waals surface area contributed by atoms with Gasteiger partial charge in [-0.15, -0.1) is 0 Å². The Bertz CT molecular complexity index is 380. The molecule has 0 aliphatic carbocycles. The molecular formula is C9H5ClF2O2. The molecule has 0 aromatic heterocycles. The lowest BCUT2D eigenvalue weighted by Gasteiger charge is -2.01. The normalized spacial score (nSPS) is 10.0. The van der Waals surface area contributed by atoms with Gasteiger partial charge in [0.05, 0.1) is 11.1 Å². The van der Waals surface area contributed by atoms with Crippen molar-refractivity contribution in [3.8, 4) is 0 Å². The van der Waals surface area contributed by atoms with Gasteiger partial charge in [0.15, 0.2) is 5.78 Å². The van der Waals surface area contributed by atoms with Crippen LogP contribution in [0.5, 0.6) is 0 Å². The minimum absolute atomic E-state index is 0.351. The Hall–Kier alpha value is -1.29. The van der Waals surface area contributed by atoms with Gasteiger partial charge in [0, 0.05) is 6.07 Å². The van der Waals surface area contributed by atoms with Gasteiger partial charge >= 0.3 is 0 Å². The Morgan fingerprint density at radius 1 is 1.14 bits per heavy atom. The number of carbonyl (C=O) groups is 2. The van der Waals surface area contributed by atoms with Crippen LogP contribution in [0.25, 0.3) is 0 Å². The van der Waals surface area contributed by atoms with Crippen molar-refractivity contribution in [1.82, 2.24) is 0 Å². The van der Waals surface area contributed by atoms with Crippen molar-refractivity contribution in [2.75, 3.05) is 0 Å². The molecule has 0 saturated carbocycles. The molecule has 0 unspecified atom stereocenters. The quantitative estimate of drug-likeness (QED) is 0.565. The summed E-state index contributed by atoms with van der Waals surface area (Å²) >= 11 is 5.02. The van der Waals surface area contributed by atoms with Gasteiger partial charge < -0.3 is 0 Å². The average Bonchev–Trinajstić information content (AvgIpc) is 2.02. The van der Waals surface area contributed by atoms with E-state index in [2.05, 4.69) is 0 Å². The molecule has 0 bridgehead atoms. The highest BCUT2D eigenvalue weighted by Gasteiger charge is 2.16. The van der Waals surface area contributed by atoms with Crippen molar-refractivity contribution in [3.63, 3.8) is 0 Å². The van der Waals surface area contributed by atoms with E-state index in [1.54, 1.807) is 0 Å². The van der Waals surface area contributed by atoms with E-state index in [1.165, 1.54) is 0 Å². The van der Waals surface area contributed by atoms with E-state index >= 15 is 0 Å². The largest absolute Gasteiger partial charge is 0.294 e. The first-order valence-electron chi connectivity index (χ1n) is 3.63. The minimum Gasteiger partial charge on any atom is -0.294 e. The van der Waals surface area contributed by atoms with Gasteiger partial charge in [0.25, 0.3) is 5.24 Å². The first kappa shape index (κ1) is 10.8.